The molecule has 76 heavy (non-hydrogen) atoms. The molecule has 0 unspecified atom stereocenters. The van der Waals surface area contributed by atoms with Crippen molar-refractivity contribution in [3.63, 3.8) is 0 Å². The van der Waals surface area contributed by atoms with E-state index in [1.54, 1.807) is 146 Å². The Morgan fingerprint density at radius 3 is 0.592 bits per heavy atom. The number of hydrogen-bond donors (Lipinski definition) is 0. The molecule has 0 N–H and O–H groups in total. The first-order chi connectivity index (χ1) is 36.3. The van der Waals surface area contributed by atoms with Crippen molar-refractivity contribution in [1.82, 2.24) is 0 Å². The molecule has 0 radical (unpaired) electrons. The maximum absolute atomic E-state index is 14.6. The fraction of sp³-hybridized carbons (Fsp3) is 0.200. The number of aryl methyl sites for hydroxylation is 4. The van der Waals surface area contributed by atoms with Gasteiger partial charge < -0.3 is 0 Å². The summed E-state index contributed by atoms with van der Waals surface area (Å²) in [7, 11) is -16.5. The molecule has 0 aliphatic carbocycles. The predicted molar refractivity (Wildman–Crippen MR) is 303 cm³/mol. The van der Waals surface area contributed by atoms with E-state index in [0.29, 0.717) is 35.6 Å². The molecule has 15 rings (SSSR count). The van der Waals surface area contributed by atoms with E-state index in [4.69, 9.17) is 0 Å². The van der Waals surface area contributed by atoms with E-state index in [1.807, 2.05) is 76.2 Å². The van der Waals surface area contributed by atoms with Crippen LogP contribution >= 0.6 is 0 Å². The third-order valence-corrected chi connectivity index (χ3v) is 21.0. The lowest BCUT2D eigenvalue weighted by molar-refractivity contribution is 0.583. The summed E-state index contributed by atoms with van der Waals surface area (Å²) in [6.45, 7) is 7.35. The minimum absolute atomic E-state index is 0.0449. The number of anilines is 4. The first-order valence-electron chi connectivity index (χ1n) is 25.0. The van der Waals surface area contributed by atoms with Gasteiger partial charge in [-0.25, -0.2) is 33.7 Å². The highest BCUT2D eigenvalue weighted by molar-refractivity contribution is 7.93. The Hall–Kier alpha value is -7.24. The number of hydrogen-bond acceptors (Lipinski definition) is 8. The van der Waals surface area contributed by atoms with Crippen molar-refractivity contribution in [2.45, 2.75) is 73.0 Å². The summed E-state index contributed by atoms with van der Waals surface area (Å²) in [6, 6.07) is 55.3. The summed E-state index contributed by atoms with van der Waals surface area (Å²) in [6.07, 6.45) is 1.13. The van der Waals surface area contributed by atoms with Crippen molar-refractivity contribution < 1.29 is 33.7 Å². The van der Waals surface area contributed by atoms with E-state index >= 15 is 0 Å². The number of sulfonamides is 4. The maximum Gasteiger partial charge on any atom is 0.264 e. The molecule has 8 aromatic rings. The van der Waals surface area contributed by atoms with Crippen molar-refractivity contribution in [1.29, 1.82) is 0 Å². The molecular formula is C60H60N4O8S4. The van der Waals surface area contributed by atoms with Crippen LogP contribution in [0.1, 0.15) is 57.3 Å². The SMILES string of the molecule is Cc1ccc(S(=O)(=O)N2CCCN(S(=O)(=O)c3ccc(C)cc3)c3ccc(cc3)Cc3ccc(cc3)N(S(=O)(=O)c3ccc(C)cc3)CCCN(S(=O)(=O)c3ccc(C)cc3)c3ccc(cc3)Cc3ccc2cc3)cc1. The molecule has 0 aromatic heterocycles. The second-order valence-electron chi connectivity index (χ2n) is 19.3. The van der Waals surface area contributed by atoms with Gasteiger partial charge in [-0.3, -0.25) is 17.2 Å². The third kappa shape index (κ3) is 11.7. The van der Waals surface area contributed by atoms with Crippen LogP contribution in [-0.4, -0.2) is 59.9 Å². The Morgan fingerprint density at radius 1 is 0.250 bits per heavy atom. The molecule has 0 saturated heterocycles. The van der Waals surface area contributed by atoms with Crippen molar-refractivity contribution in [3.05, 3.63) is 239 Å². The van der Waals surface area contributed by atoms with Crippen LogP contribution in [0.5, 0.6) is 0 Å². The monoisotopic (exact) mass is 1090 g/mol. The van der Waals surface area contributed by atoms with Crippen molar-refractivity contribution in [2.24, 2.45) is 0 Å². The van der Waals surface area contributed by atoms with Gasteiger partial charge in [-0.15, -0.1) is 0 Å². The Morgan fingerprint density at radius 2 is 0.421 bits per heavy atom. The molecule has 0 saturated carbocycles. The molecule has 7 aliphatic rings. The molecule has 7 aliphatic heterocycles. The van der Waals surface area contributed by atoms with Crippen molar-refractivity contribution >= 4 is 62.8 Å². The van der Waals surface area contributed by atoms with E-state index < -0.39 is 40.1 Å². The molecule has 8 aromatic carbocycles. The lowest BCUT2D eigenvalue weighted by Gasteiger charge is -2.28. The molecule has 8 bridgehead atoms. The number of benzene rings is 8. The molecule has 12 nitrogen and oxygen atoms in total. The standard InChI is InChI=1S/C60H60N4O8S4/c1-45-7-31-57(32-8-45)73(65,66)61-39-5-40-62(74(67,68)58-33-9-46(2)10-34-58)54-25-17-51(18-26-54)44-52-21-29-56(30-22-52)64(76(71,72)60-37-13-48(4)14-38-60)42-6-41-63(75(69,70)59-35-11-47(3)12-36-59)55-27-19-50(20-28-55)43-49-15-23-53(61)24-16-49/h7-38H,5-6,39-44H2,1-4H3. The summed E-state index contributed by atoms with van der Waals surface area (Å²) in [4.78, 5) is 0.410. The second kappa shape index (κ2) is 22.2. The second-order valence-corrected chi connectivity index (χ2v) is 26.7. The predicted octanol–water partition coefficient (Wildman–Crippen LogP) is 11.4. The van der Waals surface area contributed by atoms with E-state index in [0.717, 1.165) is 44.5 Å². The van der Waals surface area contributed by atoms with Crippen molar-refractivity contribution in [2.75, 3.05) is 43.4 Å². The van der Waals surface area contributed by atoms with Gasteiger partial charge in [0.2, 0.25) is 0 Å². The molecule has 16 heteroatoms. The fourth-order valence-electron chi connectivity index (χ4n) is 9.21. The lowest BCUT2D eigenvalue weighted by Crippen LogP contribution is -2.37. The zero-order chi connectivity index (χ0) is 53.8. The Balaban J connectivity index is 1.12. The quantitative estimate of drug-likeness (QED) is 0.146. The molecule has 0 atom stereocenters. The molecule has 0 amide bonds. The summed E-state index contributed by atoms with van der Waals surface area (Å²) in [5.41, 5.74) is 8.67. The average Bonchev–Trinajstić information content (AvgIpc) is 3.40. The smallest absolute Gasteiger partial charge is 0.264 e. The first-order valence-corrected chi connectivity index (χ1v) is 30.8. The minimum atomic E-state index is -4.13. The maximum atomic E-state index is 14.6. The summed E-state index contributed by atoms with van der Waals surface area (Å²) in [5.74, 6) is 0. The zero-order valence-electron chi connectivity index (χ0n) is 42.8. The topological polar surface area (TPSA) is 150 Å². The van der Waals surface area contributed by atoms with Crippen LogP contribution in [0, 0.1) is 27.7 Å². The number of rotatable bonds is 8. The van der Waals surface area contributed by atoms with E-state index in [2.05, 4.69) is 0 Å². The third-order valence-electron chi connectivity index (χ3n) is 13.6. The van der Waals surface area contributed by atoms with Crippen LogP contribution in [0.4, 0.5) is 22.7 Å². The highest BCUT2D eigenvalue weighted by atomic mass is 32.2. The van der Waals surface area contributed by atoms with Gasteiger partial charge in [-0.05, 0) is 173 Å². The summed E-state index contributed by atoms with van der Waals surface area (Å²) in [5, 5.41) is 0. The van der Waals surface area contributed by atoms with Crippen LogP contribution < -0.4 is 17.2 Å². The summed E-state index contributed by atoms with van der Waals surface area (Å²) >= 11 is 0. The van der Waals surface area contributed by atoms with E-state index in [-0.39, 0.29) is 58.6 Å². The molecule has 0 fully saturated rings. The van der Waals surface area contributed by atoms with Gasteiger partial charge in [0.1, 0.15) is 0 Å². The van der Waals surface area contributed by atoms with Gasteiger partial charge in [0.15, 0.2) is 0 Å². The largest absolute Gasteiger partial charge is 0.266 e. The van der Waals surface area contributed by atoms with Crippen LogP contribution in [0.2, 0.25) is 0 Å². The highest BCUT2D eigenvalue weighted by Crippen LogP contribution is 2.32. The Bertz CT molecular complexity index is 3260. The molecule has 0 spiro atoms. The van der Waals surface area contributed by atoms with Crippen LogP contribution in [-0.2, 0) is 52.9 Å². The van der Waals surface area contributed by atoms with Crippen molar-refractivity contribution in [3.8, 4) is 0 Å². The van der Waals surface area contributed by atoms with Gasteiger partial charge in [0.25, 0.3) is 40.1 Å². The number of nitrogens with zero attached hydrogens (tertiary/aromatic N) is 4. The van der Waals surface area contributed by atoms with E-state index in [1.165, 1.54) is 17.2 Å². The Kier molecular flexibility index (Phi) is 15.6. The Labute approximate surface area is 448 Å². The van der Waals surface area contributed by atoms with Crippen LogP contribution in [0.3, 0.4) is 0 Å². The zero-order valence-corrected chi connectivity index (χ0v) is 46.1. The van der Waals surface area contributed by atoms with Gasteiger partial charge >= 0.3 is 0 Å². The van der Waals surface area contributed by atoms with E-state index in [9.17, 15) is 33.7 Å². The van der Waals surface area contributed by atoms with Crippen LogP contribution in [0.25, 0.3) is 0 Å². The lowest BCUT2D eigenvalue weighted by atomic mass is 10.0. The fourth-order valence-corrected chi connectivity index (χ4v) is 15.2. The van der Waals surface area contributed by atoms with Crippen LogP contribution in [0.15, 0.2) is 214 Å². The van der Waals surface area contributed by atoms with Gasteiger partial charge in [-0.1, -0.05) is 119 Å². The summed E-state index contributed by atoms with van der Waals surface area (Å²) < 4.78 is 122. The highest BCUT2D eigenvalue weighted by Gasteiger charge is 2.31. The first kappa shape index (κ1) is 53.6. The van der Waals surface area contributed by atoms with Gasteiger partial charge in [0.05, 0.1) is 42.3 Å². The van der Waals surface area contributed by atoms with Gasteiger partial charge in [0, 0.05) is 26.2 Å². The average molecular weight is 1090 g/mol. The van der Waals surface area contributed by atoms with Gasteiger partial charge in [-0.2, -0.15) is 0 Å². The molecule has 392 valence electrons. The molecule has 7 heterocycles. The molecular weight excluding hydrogens is 1030 g/mol. The normalized spacial score (nSPS) is 14.5. The minimum Gasteiger partial charge on any atom is -0.266 e.